The van der Waals surface area contributed by atoms with E-state index in [-0.39, 0.29) is 24.4 Å². The van der Waals surface area contributed by atoms with Crippen LogP contribution in [-0.4, -0.2) is 50.2 Å². The van der Waals surface area contributed by atoms with Gasteiger partial charge in [-0.05, 0) is 12.8 Å². The molecular formula is C13H23N3O3. The second kappa shape index (κ2) is 7.45. The zero-order valence-electron chi connectivity index (χ0n) is 11.2. The van der Waals surface area contributed by atoms with Crippen molar-refractivity contribution < 1.29 is 14.3 Å². The molecule has 1 atom stereocenters. The van der Waals surface area contributed by atoms with Gasteiger partial charge in [0.2, 0.25) is 11.8 Å². The highest BCUT2D eigenvalue weighted by Crippen LogP contribution is 2.19. The van der Waals surface area contributed by atoms with Crippen LogP contribution in [0.3, 0.4) is 0 Å². The highest BCUT2D eigenvalue weighted by Gasteiger charge is 2.23. The van der Waals surface area contributed by atoms with Crippen LogP contribution in [0.5, 0.6) is 0 Å². The normalized spacial score (nSPS) is 24.8. The lowest BCUT2D eigenvalue weighted by Gasteiger charge is -2.24. The van der Waals surface area contributed by atoms with Gasteiger partial charge in [-0.2, -0.15) is 0 Å². The SMILES string of the molecule is O=C1CNC(C(=O)NCCOC2CCCCC2)CN1. The van der Waals surface area contributed by atoms with Gasteiger partial charge in [-0.25, -0.2) is 0 Å². The predicted octanol–water partition coefficient (Wildman–Crippen LogP) is -0.460. The maximum Gasteiger partial charge on any atom is 0.239 e. The van der Waals surface area contributed by atoms with Crippen molar-refractivity contribution in [2.24, 2.45) is 0 Å². The van der Waals surface area contributed by atoms with Crippen molar-refractivity contribution in [3.05, 3.63) is 0 Å². The Hall–Kier alpha value is -1.14. The number of carbonyl (C=O) groups is 2. The van der Waals surface area contributed by atoms with Crippen molar-refractivity contribution in [1.82, 2.24) is 16.0 Å². The lowest BCUT2D eigenvalue weighted by molar-refractivity contribution is -0.126. The van der Waals surface area contributed by atoms with Crippen LogP contribution in [0.2, 0.25) is 0 Å². The zero-order chi connectivity index (χ0) is 13.5. The molecule has 1 heterocycles. The number of amides is 2. The first-order valence-electron chi connectivity index (χ1n) is 7.15. The molecule has 0 spiro atoms. The Bertz CT molecular complexity index is 306. The molecule has 2 amide bonds. The van der Waals surface area contributed by atoms with Gasteiger partial charge in [-0.15, -0.1) is 0 Å². The zero-order valence-corrected chi connectivity index (χ0v) is 11.2. The number of piperazine rings is 1. The maximum atomic E-state index is 11.8. The van der Waals surface area contributed by atoms with Gasteiger partial charge in [-0.3, -0.25) is 14.9 Å². The second-order valence-electron chi connectivity index (χ2n) is 5.16. The van der Waals surface area contributed by atoms with Crippen LogP contribution in [0.4, 0.5) is 0 Å². The molecule has 1 saturated carbocycles. The van der Waals surface area contributed by atoms with Gasteiger partial charge < -0.3 is 15.4 Å². The summed E-state index contributed by atoms with van der Waals surface area (Å²) in [5.41, 5.74) is 0. The van der Waals surface area contributed by atoms with E-state index in [0.29, 0.717) is 25.8 Å². The second-order valence-corrected chi connectivity index (χ2v) is 5.16. The van der Waals surface area contributed by atoms with Crippen molar-refractivity contribution >= 4 is 11.8 Å². The Morgan fingerprint density at radius 3 is 2.79 bits per heavy atom. The molecule has 2 aliphatic rings. The highest BCUT2D eigenvalue weighted by molar-refractivity contribution is 5.86. The molecule has 0 aromatic heterocycles. The maximum absolute atomic E-state index is 11.8. The molecule has 6 nitrogen and oxygen atoms in total. The molecule has 108 valence electrons. The summed E-state index contributed by atoms with van der Waals surface area (Å²) in [5.74, 6) is -0.142. The number of carbonyl (C=O) groups excluding carboxylic acids is 2. The Labute approximate surface area is 113 Å². The molecule has 3 N–H and O–H groups in total. The van der Waals surface area contributed by atoms with E-state index >= 15 is 0 Å². The molecule has 0 bridgehead atoms. The van der Waals surface area contributed by atoms with E-state index < -0.39 is 0 Å². The van der Waals surface area contributed by atoms with Gasteiger partial charge in [0.15, 0.2) is 0 Å². The molecule has 1 saturated heterocycles. The Morgan fingerprint density at radius 1 is 1.32 bits per heavy atom. The van der Waals surface area contributed by atoms with Gasteiger partial charge in [0, 0.05) is 13.1 Å². The molecule has 19 heavy (non-hydrogen) atoms. The molecule has 2 rings (SSSR count). The van der Waals surface area contributed by atoms with Crippen LogP contribution in [0, 0.1) is 0 Å². The quantitative estimate of drug-likeness (QED) is 0.590. The first-order chi connectivity index (χ1) is 9.25. The van der Waals surface area contributed by atoms with Gasteiger partial charge in [0.25, 0.3) is 0 Å². The fourth-order valence-electron chi connectivity index (χ4n) is 2.51. The van der Waals surface area contributed by atoms with Crippen molar-refractivity contribution in [2.75, 3.05) is 26.2 Å². The summed E-state index contributed by atoms with van der Waals surface area (Å²) >= 11 is 0. The molecule has 1 unspecified atom stereocenters. The molecule has 0 aromatic carbocycles. The molecule has 2 fully saturated rings. The first-order valence-corrected chi connectivity index (χ1v) is 7.15. The number of hydrogen-bond donors (Lipinski definition) is 3. The van der Waals surface area contributed by atoms with Crippen LogP contribution in [0.15, 0.2) is 0 Å². The van der Waals surface area contributed by atoms with E-state index in [1.807, 2.05) is 0 Å². The van der Waals surface area contributed by atoms with E-state index in [1.54, 1.807) is 0 Å². The molecule has 6 heteroatoms. The van der Waals surface area contributed by atoms with Gasteiger partial charge >= 0.3 is 0 Å². The summed E-state index contributed by atoms with van der Waals surface area (Å²) in [6.45, 7) is 1.65. The summed E-state index contributed by atoms with van der Waals surface area (Å²) in [5, 5.41) is 8.38. The first kappa shape index (κ1) is 14.3. The minimum Gasteiger partial charge on any atom is -0.376 e. The van der Waals surface area contributed by atoms with Crippen molar-refractivity contribution in [2.45, 2.75) is 44.2 Å². The van der Waals surface area contributed by atoms with E-state index in [1.165, 1.54) is 19.3 Å². The van der Waals surface area contributed by atoms with Gasteiger partial charge in [0.05, 0.1) is 19.3 Å². The molecule has 0 radical (unpaired) electrons. The number of nitrogens with one attached hydrogen (secondary N) is 3. The van der Waals surface area contributed by atoms with Crippen LogP contribution in [-0.2, 0) is 14.3 Å². The van der Waals surface area contributed by atoms with E-state index in [2.05, 4.69) is 16.0 Å². The Kier molecular flexibility index (Phi) is 5.60. The molecule has 1 aliphatic heterocycles. The average Bonchev–Trinajstić information content (AvgIpc) is 2.45. The Morgan fingerprint density at radius 2 is 2.11 bits per heavy atom. The summed E-state index contributed by atoms with van der Waals surface area (Å²) in [4.78, 5) is 22.7. The third-order valence-corrected chi connectivity index (χ3v) is 3.64. The summed E-state index contributed by atoms with van der Waals surface area (Å²) in [6, 6.07) is -0.326. The smallest absolute Gasteiger partial charge is 0.239 e. The summed E-state index contributed by atoms with van der Waals surface area (Å²) in [6.07, 6.45) is 6.48. The van der Waals surface area contributed by atoms with Crippen molar-refractivity contribution in [3.63, 3.8) is 0 Å². The third-order valence-electron chi connectivity index (χ3n) is 3.64. The van der Waals surface area contributed by atoms with Gasteiger partial charge in [0.1, 0.15) is 6.04 Å². The molecular weight excluding hydrogens is 246 g/mol. The lowest BCUT2D eigenvalue weighted by atomic mass is 9.98. The van der Waals surface area contributed by atoms with Crippen LogP contribution in [0.1, 0.15) is 32.1 Å². The molecule has 1 aliphatic carbocycles. The molecule has 0 aromatic rings. The van der Waals surface area contributed by atoms with Crippen LogP contribution in [0.25, 0.3) is 0 Å². The number of ether oxygens (including phenoxy) is 1. The standard InChI is InChI=1S/C13H23N3O3/c17-12-9-15-11(8-16-12)13(18)14-6-7-19-10-4-2-1-3-5-10/h10-11,15H,1-9H2,(H,14,18)(H,16,17). The lowest BCUT2D eigenvalue weighted by Crippen LogP contribution is -2.58. The Balaban J connectivity index is 1.54. The van der Waals surface area contributed by atoms with E-state index in [4.69, 9.17) is 4.74 Å². The summed E-state index contributed by atoms with van der Waals surface area (Å²) < 4.78 is 5.73. The largest absolute Gasteiger partial charge is 0.376 e. The van der Waals surface area contributed by atoms with Crippen LogP contribution >= 0.6 is 0 Å². The predicted molar refractivity (Wildman–Crippen MR) is 70.6 cm³/mol. The minimum absolute atomic E-state index is 0.0651. The fourth-order valence-corrected chi connectivity index (χ4v) is 2.51. The highest BCUT2D eigenvalue weighted by atomic mass is 16.5. The number of rotatable bonds is 5. The van der Waals surface area contributed by atoms with Crippen LogP contribution < -0.4 is 16.0 Å². The third kappa shape index (κ3) is 4.80. The van der Waals surface area contributed by atoms with E-state index in [9.17, 15) is 9.59 Å². The van der Waals surface area contributed by atoms with E-state index in [0.717, 1.165) is 12.8 Å². The topological polar surface area (TPSA) is 79.5 Å². The fraction of sp³-hybridized carbons (Fsp3) is 0.846. The minimum atomic E-state index is -0.326. The van der Waals surface area contributed by atoms with Gasteiger partial charge in [-0.1, -0.05) is 19.3 Å². The average molecular weight is 269 g/mol. The van der Waals surface area contributed by atoms with Crippen molar-refractivity contribution in [1.29, 1.82) is 0 Å². The van der Waals surface area contributed by atoms with Crippen molar-refractivity contribution in [3.8, 4) is 0 Å². The number of hydrogen-bond acceptors (Lipinski definition) is 4. The summed E-state index contributed by atoms with van der Waals surface area (Å²) in [7, 11) is 0. The monoisotopic (exact) mass is 269 g/mol.